The van der Waals surface area contributed by atoms with Crippen molar-refractivity contribution in [3.8, 4) is 0 Å². The van der Waals surface area contributed by atoms with Gasteiger partial charge in [0.2, 0.25) is 0 Å². The van der Waals surface area contributed by atoms with E-state index in [0.29, 0.717) is 0 Å². The summed E-state index contributed by atoms with van der Waals surface area (Å²) >= 11 is 0. The van der Waals surface area contributed by atoms with Crippen LogP contribution in [0.5, 0.6) is 0 Å². The second kappa shape index (κ2) is 41.8. The van der Waals surface area contributed by atoms with Gasteiger partial charge in [-0.05, 0) is 0 Å². The molecule has 0 radical (unpaired) electrons. The molecule has 0 spiro atoms. The normalized spacial score (nSPS) is 12.3. The molecule has 0 nitrogen and oxygen atoms in total. The Morgan fingerprint density at radius 3 is 0.438 bits per heavy atom. The molecule has 0 bridgehead atoms. The van der Waals surface area contributed by atoms with Crippen molar-refractivity contribution in [1.82, 2.24) is 0 Å². The van der Waals surface area contributed by atoms with Gasteiger partial charge >= 0.3 is 289 Å². The number of hydrogen-bond acceptors (Lipinski definition) is 0. The third-order valence-corrected chi connectivity index (χ3v) is 17.6. The van der Waals surface area contributed by atoms with Crippen LogP contribution in [0.25, 0.3) is 0 Å². The number of unbranched alkanes of at least 4 members (excludes halogenated alkanes) is 35. The predicted octanol–water partition coefficient (Wildman–Crippen LogP) is 18.0. The summed E-state index contributed by atoms with van der Waals surface area (Å²) in [7, 11) is -1.15. The van der Waals surface area contributed by atoms with Crippen LogP contribution in [0, 0.1) is 0 Å². The van der Waals surface area contributed by atoms with Crippen LogP contribution in [-0.4, -0.2) is 24.6 Å². The molecule has 0 aliphatic rings. The number of rotatable bonds is 43. The summed E-state index contributed by atoms with van der Waals surface area (Å²) in [5, 5.41) is 0. The molecule has 0 unspecified atom stereocenters. The van der Waals surface area contributed by atoms with Crippen molar-refractivity contribution in [1.29, 1.82) is 0 Å². The molecule has 0 N–H and O–H groups in total. The zero-order chi connectivity index (χ0) is 34.9. The van der Waals surface area contributed by atoms with E-state index < -0.39 is 7.26 Å². The summed E-state index contributed by atoms with van der Waals surface area (Å²) in [6.07, 6.45) is 65.0. The smallest absolute Gasteiger partial charge is 0.0654 e. The molecule has 0 amide bonds. The van der Waals surface area contributed by atoms with Gasteiger partial charge in [-0.3, -0.25) is 0 Å². The van der Waals surface area contributed by atoms with Gasteiger partial charge in [0.25, 0.3) is 0 Å². The van der Waals surface area contributed by atoms with Crippen LogP contribution < -0.4 is 0 Å². The van der Waals surface area contributed by atoms with Gasteiger partial charge in [-0.2, -0.15) is 0 Å². The van der Waals surface area contributed by atoms with Crippen molar-refractivity contribution in [2.24, 2.45) is 0 Å². The van der Waals surface area contributed by atoms with Crippen LogP contribution >= 0.6 is 7.26 Å². The van der Waals surface area contributed by atoms with Gasteiger partial charge in [-0.1, -0.05) is 20.8 Å². The molecule has 0 aromatic heterocycles. The van der Waals surface area contributed by atoms with Gasteiger partial charge in [0.1, 0.15) is 0 Å². The van der Waals surface area contributed by atoms with Gasteiger partial charge in [-0.15, -0.1) is 0 Å². The third-order valence-electron chi connectivity index (χ3n) is 12.0. The van der Waals surface area contributed by atoms with Gasteiger partial charge in [0, 0.05) is 0 Å². The van der Waals surface area contributed by atoms with Crippen molar-refractivity contribution in [3.63, 3.8) is 0 Å². The molecule has 0 aromatic rings. The van der Waals surface area contributed by atoms with E-state index in [1.54, 1.807) is 50.3 Å². The topological polar surface area (TPSA) is 0 Å². The standard InChI is InChI=1S/C47H99P/c1-5-9-13-17-21-24-27-30-33-37-41-45-48(44-40-36-20-16-12-8-4,46-42-38-34-31-28-25-22-18-14-10-6-2)47-43-39-35-32-29-26-23-19-15-11-7-3/h48H,5-47H2,1-4H3. The molecular formula is C47H99P. The molecule has 0 aromatic carbocycles. The average Bonchev–Trinajstić information content (AvgIpc) is 3.10. The first-order valence-corrected chi connectivity index (χ1v) is 26.6. The quantitative estimate of drug-likeness (QED) is 0.0440. The Bertz CT molecular complexity index is 491. The first-order chi connectivity index (χ1) is 23.7. The molecule has 0 aliphatic carbocycles. The summed E-state index contributed by atoms with van der Waals surface area (Å²) < 4.78 is 0. The molecule has 1 heteroatoms. The minimum atomic E-state index is -1.15. The van der Waals surface area contributed by atoms with Gasteiger partial charge in [0.05, 0.1) is 0 Å². The molecule has 0 heterocycles. The first kappa shape index (κ1) is 48.4. The Kier molecular flexibility index (Phi) is 42.2. The van der Waals surface area contributed by atoms with Gasteiger partial charge < -0.3 is 0 Å². The van der Waals surface area contributed by atoms with E-state index in [4.69, 9.17) is 0 Å². The maximum atomic E-state index is 2.37. The van der Waals surface area contributed by atoms with E-state index in [0.717, 1.165) is 0 Å². The van der Waals surface area contributed by atoms with E-state index in [-0.39, 0.29) is 0 Å². The minimum Gasteiger partial charge on any atom is -0.0654 e. The Morgan fingerprint density at radius 2 is 0.292 bits per heavy atom. The molecule has 292 valence electrons. The summed E-state index contributed by atoms with van der Waals surface area (Å²) in [4.78, 5) is 0. The van der Waals surface area contributed by atoms with Crippen LogP contribution in [0.15, 0.2) is 0 Å². The summed E-state index contributed by atoms with van der Waals surface area (Å²) in [6.45, 7) is 9.37. The Balaban J connectivity index is 4.76. The monoisotopic (exact) mass is 695 g/mol. The van der Waals surface area contributed by atoms with Crippen LogP contribution in [0.2, 0.25) is 0 Å². The zero-order valence-electron chi connectivity index (χ0n) is 34.9. The van der Waals surface area contributed by atoms with Crippen LogP contribution in [0.1, 0.15) is 278 Å². The van der Waals surface area contributed by atoms with Crippen molar-refractivity contribution in [2.45, 2.75) is 278 Å². The molecule has 0 fully saturated rings. The molecular weight excluding hydrogens is 595 g/mol. The van der Waals surface area contributed by atoms with Gasteiger partial charge in [-0.25, -0.2) is 0 Å². The van der Waals surface area contributed by atoms with E-state index in [1.807, 2.05) is 0 Å². The van der Waals surface area contributed by atoms with Crippen molar-refractivity contribution in [2.75, 3.05) is 24.6 Å². The van der Waals surface area contributed by atoms with Crippen molar-refractivity contribution >= 4 is 7.26 Å². The second-order valence-corrected chi connectivity index (χ2v) is 21.9. The Morgan fingerprint density at radius 1 is 0.167 bits per heavy atom. The molecule has 48 heavy (non-hydrogen) atoms. The predicted molar refractivity (Wildman–Crippen MR) is 231 cm³/mol. The molecule has 0 aliphatic heterocycles. The van der Waals surface area contributed by atoms with E-state index >= 15 is 0 Å². The Labute approximate surface area is 309 Å². The van der Waals surface area contributed by atoms with Crippen molar-refractivity contribution in [3.05, 3.63) is 0 Å². The molecule has 0 saturated heterocycles. The second-order valence-electron chi connectivity index (χ2n) is 16.9. The zero-order valence-corrected chi connectivity index (χ0v) is 35.9. The summed E-state index contributed by atoms with van der Waals surface area (Å²) in [5.74, 6) is 0. The van der Waals surface area contributed by atoms with Crippen LogP contribution in [0.3, 0.4) is 0 Å². The fraction of sp³-hybridized carbons (Fsp3) is 1.00. The SMILES string of the molecule is CCCCCCCCCCCCC[PH](CCCCCCCC)(CCCCCCCCCCCCC)CCCCCCCCCCCCC. The van der Waals surface area contributed by atoms with Crippen LogP contribution in [0.4, 0.5) is 0 Å². The molecule has 0 saturated carbocycles. The third kappa shape index (κ3) is 36.2. The van der Waals surface area contributed by atoms with Gasteiger partial charge in [0.15, 0.2) is 0 Å². The number of hydrogen-bond donors (Lipinski definition) is 0. The average molecular weight is 695 g/mol. The van der Waals surface area contributed by atoms with E-state index in [9.17, 15) is 0 Å². The first-order valence-electron chi connectivity index (χ1n) is 23.7. The molecule has 0 rings (SSSR count). The molecule has 0 atom stereocenters. The summed E-state index contributed by atoms with van der Waals surface area (Å²) in [6, 6.07) is 0. The maximum absolute atomic E-state index is 2.37. The fourth-order valence-corrected chi connectivity index (χ4v) is 14.0. The van der Waals surface area contributed by atoms with Crippen LogP contribution in [-0.2, 0) is 0 Å². The van der Waals surface area contributed by atoms with Crippen molar-refractivity contribution < 1.29 is 0 Å². The summed E-state index contributed by atoms with van der Waals surface area (Å²) in [5.41, 5.74) is 0. The van der Waals surface area contributed by atoms with E-state index in [1.165, 1.54) is 225 Å². The van der Waals surface area contributed by atoms with E-state index in [2.05, 4.69) is 27.7 Å². The Hall–Kier alpha value is 0.430. The fourth-order valence-electron chi connectivity index (χ4n) is 8.52. The minimum absolute atomic E-state index is 1.15.